The molecule has 0 aliphatic carbocycles. The fraction of sp³-hybridized carbons (Fsp3) is 0.360. The summed E-state index contributed by atoms with van der Waals surface area (Å²) in [5.41, 5.74) is 3.55. The van der Waals surface area contributed by atoms with Crippen LogP contribution in [0.5, 0.6) is 5.75 Å². The average molecular weight is 418 g/mol. The molecule has 0 amide bonds. The van der Waals surface area contributed by atoms with Crippen molar-refractivity contribution in [2.24, 2.45) is 0 Å². The maximum Gasteiger partial charge on any atom is 0.128 e. The summed E-state index contributed by atoms with van der Waals surface area (Å²) in [6, 6.07) is 16.5. The molecule has 1 saturated heterocycles. The van der Waals surface area contributed by atoms with E-state index >= 15 is 0 Å². The minimum atomic E-state index is 0.553. The van der Waals surface area contributed by atoms with E-state index in [0.717, 1.165) is 62.9 Å². The molecule has 6 nitrogen and oxygen atoms in total. The van der Waals surface area contributed by atoms with Gasteiger partial charge < -0.3 is 19.9 Å². The number of ether oxygens (including phenoxy) is 1. The van der Waals surface area contributed by atoms with Crippen LogP contribution in [0.25, 0.3) is 0 Å². The molecule has 0 atom stereocenters. The number of likely N-dealkylation sites (N-methyl/N-ethyl adjacent to an activating group) is 1. The van der Waals surface area contributed by atoms with Gasteiger partial charge in [-0.1, -0.05) is 25.1 Å². The summed E-state index contributed by atoms with van der Waals surface area (Å²) in [5, 5.41) is 3.50. The average Bonchev–Trinajstić information content (AvgIpc) is 2.85. The summed E-state index contributed by atoms with van der Waals surface area (Å²) in [7, 11) is 0. The number of pyridine rings is 2. The summed E-state index contributed by atoms with van der Waals surface area (Å²) < 4.78 is 5.83. The number of piperazine rings is 1. The monoisotopic (exact) mass is 417 g/mol. The fourth-order valence-electron chi connectivity index (χ4n) is 3.70. The second kappa shape index (κ2) is 10.9. The van der Waals surface area contributed by atoms with Crippen LogP contribution >= 0.6 is 0 Å². The van der Waals surface area contributed by atoms with Gasteiger partial charge in [-0.25, -0.2) is 4.98 Å². The minimum absolute atomic E-state index is 0.553. The molecule has 1 N–H and O–H groups in total. The lowest BCUT2D eigenvalue weighted by Gasteiger charge is -2.34. The maximum absolute atomic E-state index is 5.83. The first-order valence-electron chi connectivity index (χ1n) is 11.0. The lowest BCUT2D eigenvalue weighted by atomic mass is 10.2. The third-order valence-corrected chi connectivity index (χ3v) is 5.69. The predicted octanol–water partition coefficient (Wildman–Crippen LogP) is 3.49. The molecule has 0 spiro atoms. The van der Waals surface area contributed by atoms with Gasteiger partial charge in [0, 0.05) is 57.9 Å². The van der Waals surface area contributed by atoms with Crippen molar-refractivity contribution >= 4 is 5.82 Å². The number of hydrogen-bond donors (Lipinski definition) is 1. The Kier molecular flexibility index (Phi) is 7.47. The lowest BCUT2D eigenvalue weighted by Crippen LogP contribution is -2.46. The molecule has 162 valence electrons. The van der Waals surface area contributed by atoms with Crippen molar-refractivity contribution in [3.63, 3.8) is 0 Å². The van der Waals surface area contributed by atoms with Crippen molar-refractivity contribution < 1.29 is 4.74 Å². The number of aromatic nitrogens is 2. The van der Waals surface area contributed by atoms with E-state index in [0.29, 0.717) is 6.61 Å². The second-order valence-corrected chi connectivity index (χ2v) is 7.84. The molecule has 1 fully saturated rings. The highest BCUT2D eigenvalue weighted by molar-refractivity contribution is 5.40. The van der Waals surface area contributed by atoms with Gasteiger partial charge >= 0.3 is 0 Å². The molecule has 0 radical (unpaired) electrons. The van der Waals surface area contributed by atoms with Crippen LogP contribution in [0.2, 0.25) is 0 Å². The molecule has 3 heterocycles. The van der Waals surface area contributed by atoms with Crippen molar-refractivity contribution in [3.8, 4) is 5.75 Å². The Bertz CT molecular complexity index is 907. The molecule has 0 saturated carbocycles. The Balaban J connectivity index is 1.19. The zero-order chi connectivity index (χ0) is 21.3. The van der Waals surface area contributed by atoms with Crippen LogP contribution in [0.1, 0.15) is 23.6 Å². The van der Waals surface area contributed by atoms with Crippen LogP contribution in [-0.2, 0) is 19.7 Å². The number of nitrogens with zero attached hydrogens (tertiary/aromatic N) is 4. The van der Waals surface area contributed by atoms with Gasteiger partial charge in [-0.15, -0.1) is 0 Å². The first kappa shape index (κ1) is 21.3. The smallest absolute Gasteiger partial charge is 0.128 e. The number of anilines is 1. The van der Waals surface area contributed by atoms with Crippen molar-refractivity contribution in [1.82, 2.24) is 20.2 Å². The van der Waals surface area contributed by atoms with Gasteiger partial charge in [0.15, 0.2) is 0 Å². The normalized spacial score (nSPS) is 14.5. The number of rotatable bonds is 9. The summed E-state index contributed by atoms with van der Waals surface area (Å²) in [6.07, 6.45) is 5.55. The van der Waals surface area contributed by atoms with E-state index in [9.17, 15) is 0 Å². The SMILES string of the molecule is CCN1CCN(c2ccc(CNCc3ccc(OCc4ccncc4)cc3)cn2)CC1. The van der Waals surface area contributed by atoms with Gasteiger partial charge in [0.1, 0.15) is 18.2 Å². The Morgan fingerprint density at radius 3 is 2.23 bits per heavy atom. The predicted molar refractivity (Wildman–Crippen MR) is 124 cm³/mol. The van der Waals surface area contributed by atoms with Crippen LogP contribution in [0.15, 0.2) is 67.1 Å². The zero-order valence-electron chi connectivity index (χ0n) is 18.2. The lowest BCUT2D eigenvalue weighted by molar-refractivity contribution is 0.270. The Morgan fingerprint density at radius 1 is 0.839 bits per heavy atom. The van der Waals surface area contributed by atoms with E-state index in [4.69, 9.17) is 4.74 Å². The quantitative estimate of drug-likeness (QED) is 0.575. The molecule has 2 aromatic heterocycles. The van der Waals surface area contributed by atoms with Gasteiger partial charge in [-0.3, -0.25) is 4.98 Å². The topological polar surface area (TPSA) is 53.5 Å². The van der Waals surface area contributed by atoms with Gasteiger partial charge in [-0.05, 0) is 53.6 Å². The highest BCUT2D eigenvalue weighted by Gasteiger charge is 2.16. The first-order chi connectivity index (χ1) is 15.3. The van der Waals surface area contributed by atoms with Gasteiger partial charge in [0.2, 0.25) is 0 Å². The van der Waals surface area contributed by atoms with Crippen LogP contribution in [0.3, 0.4) is 0 Å². The maximum atomic E-state index is 5.83. The molecular formula is C25H31N5O. The van der Waals surface area contributed by atoms with Crippen LogP contribution in [0, 0.1) is 0 Å². The summed E-state index contributed by atoms with van der Waals surface area (Å²) >= 11 is 0. The van der Waals surface area contributed by atoms with Crippen LogP contribution in [-0.4, -0.2) is 47.6 Å². The van der Waals surface area contributed by atoms with Crippen molar-refractivity contribution in [3.05, 3.63) is 83.8 Å². The van der Waals surface area contributed by atoms with E-state index in [1.54, 1.807) is 12.4 Å². The van der Waals surface area contributed by atoms with E-state index in [-0.39, 0.29) is 0 Å². The number of benzene rings is 1. The summed E-state index contributed by atoms with van der Waals surface area (Å²) in [6.45, 7) is 9.88. The van der Waals surface area contributed by atoms with Gasteiger partial charge in [-0.2, -0.15) is 0 Å². The molecule has 0 unspecified atom stereocenters. The Morgan fingerprint density at radius 2 is 1.55 bits per heavy atom. The first-order valence-corrected chi connectivity index (χ1v) is 11.0. The zero-order valence-corrected chi connectivity index (χ0v) is 18.2. The Labute approximate surface area is 184 Å². The largest absolute Gasteiger partial charge is 0.489 e. The molecular weight excluding hydrogens is 386 g/mol. The fourth-order valence-corrected chi connectivity index (χ4v) is 3.70. The molecule has 4 rings (SSSR count). The van der Waals surface area contributed by atoms with E-state index in [1.807, 2.05) is 30.5 Å². The highest BCUT2D eigenvalue weighted by Crippen LogP contribution is 2.16. The molecule has 1 aliphatic heterocycles. The molecule has 6 heteroatoms. The standard InChI is InChI=1S/C25H31N5O/c1-2-29-13-15-30(16-14-29)25-8-5-23(19-28-25)18-27-17-21-3-6-24(7-4-21)31-20-22-9-11-26-12-10-22/h3-12,19,27H,2,13-18,20H2,1H3. The third-order valence-electron chi connectivity index (χ3n) is 5.69. The van der Waals surface area contributed by atoms with Crippen molar-refractivity contribution in [1.29, 1.82) is 0 Å². The highest BCUT2D eigenvalue weighted by atomic mass is 16.5. The van der Waals surface area contributed by atoms with Gasteiger partial charge in [0.25, 0.3) is 0 Å². The molecule has 0 bridgehead atoms. The van der Waals surface area contributed by atoms with Crippen molar-refractivity contribution in [2.75, 3.05) is 37.6 Å². The number of nitrogens with one attached hydrogen (secondary N) is 1. The van der Waals surface area contributed by atoms with E-state index in [1.165, 1.54) is 11.1 Å². The third kappa shape index (κ3) is 6.26. The molecule has 1 aromatic carbocycles. The van der Waals surface area contributed by atoms with Crippen LogP contribution < -0.4 is 15.0 Å². The van der Waals surface area contributed by atoms with Crippen molar-refractivity contribution in [2.45, 2.75) is 26.6 Å². The second-order valence-electron chi connectivity index (χ2n) is 7.84. The van der Waals surface area contributed by atoms with E-state index in [2.05, 4.69) is 56.3 Å². The van der Waals surface area contributed by atoms with E-state index < -0.39 is 0 Å². The molecule has 1 aliphatic rings. The Hall–Kier alpha value is -2.96. The van der Waals surface area contributed by atoms with Crippen LogP contribution in [0.4, 0.5) is 5.82 Å². The number of hydrogen-bond acceptors (Lipinski definition) is 6. The summed E-state index contributed by atoms with van der Waals surface area (Å²) in [5.74, 6) is 1.96. The summed E-state index contributed by atoms with van der Waals surface area (Å²) in [4.78, 5) is 13.6. The molecule has 31 heavy (non-hydrogen) atoms. The minimum Gasteiger partial charge on any atom is -0.489 e. The van der Waals surface area contributed by atoms with Gasteiger partial charge in [0.05, 0.1) is 0 Å². The molecule has 3 aromatic rings.